The first kappa shape index (κ1) is 23.5. The summed E-state index contributed by atoms with van der Waals surface area (Å²) in [6.45, 7) is 3.87. The standard InChI is InChI=1S/C30H26N4O2S2/c35-25-21(27-23(18-9-3-1-4-10-18)32-29(37-27)20-13-14-31-17-20)26(36)22(25)28-24(19-11-5-2-6-12-19)33-30(38-28)34-15-7-8-16-34/h1-6,9-12,31,35H,7-8,13-17H2/b27-21-,29-20+. The molecule has 3 aliphatic rings. The van der Waals surface area contributed by atoms with Crippen LogP contribution in [0.1, 0.15) is 24.1 Å². The van der Waals surface area contributed by atoms with E-state index in [2.05, 4.69) is 10.2 Å². The molecule has 8 heteroatoms. The molecule has 190 valence electrons. The van der Waals surface area contributed by atoms with Crippen molar-refractivity contribution in [3.8, 4) is 22.5 Å². The van der Waals surface area contributed by atoms with Crippen LogP contribution in [0.5, 0.6) is 0 Å². The number of aromatic nitrogens is 2. The van der Waals surface area contributed by atoms with Crippen molar-refractivity contribution in [1.29, 1.82) is 0 Å². The number of benzene rings is 2. The Balaban J connectivity index is 1.43. The molecule has 2 fully saturated rings. The highest BCUT2D eigenvalue weighted by atomic mass is 32.1. The molecule has 1 aliphatic carbocycles. The van der Waals surface area contributed by atoms with E-state index in [-0.39, 0.29) is 22.7 Å². The molecular formula is C30H26N4O2S2. The third kappa shape index (κ3) is 3.91. The van der Waals surface area contributed by atoms with Gasteiger partial charge in [-0.05, 0) is 12.8 Å². The van der Waals surface area contributed by atoms with Crippen molar-refractivity contribution in [3.63, 3.8) is 0 Å². The number of anilines is 1. The molecule has 0 spiro atoms. The van der Waals surface area contributed by atoms with Gasteiger partial charge in [0.1, 0.15) is 11.2 Å². The molecule has 0 saturated carbocycles. The highest BCUT2D eigenvalue weighted by Crippen LogP contribution is 2.45. The molecule has 38 heavy (non-hydrogen) atoms. The predicted octanol–water partition coefficient (Wildman–Crippen LogP) is 2.16. The minimum atomic E-state index is -0.195. The van der Waals surface area contributed by atoms with Gasteiger partial charge < -0.3 is 15.3 Å². The smallest absolute Gasteiger partial charge is 0.194 e. The third-order valence-corrected chi connectivity index (χ3v) is 9.73. The number of carbonyl (C=O) groups is 1. The highest BCUT2D eigenvalue weighted by molar-refractivity contribution is 7.17. The van der Waals surface area contributed by atoms with Crippen molar-refractivity contribution in [2.24, 2.45) is 0 Å². The second-order valence-electron chi connectivity index (χ2n) is 9.84. The zero-order valence-corrected chi connectivity index (χ0v) is 22.4. The third-order valence-electron chi connectivity index (χ3n) is 7.42. The number of hydrogen-bond acceptors (Lipinski definition) is 7. The van der Waals surface area contributed by atoms with E-state index < -0.39 is 0 Å². The summed E-state index contributed by atoms with van der Waals surface area (Å²) in [5.41, 5.74) is 5.10. The lowest BCUT2D eigenvalue weighted by Gasteiger charge is -2.30. The van der Waals surface area contributed by atoms with Gasteiger partial charge in [-0.15, -0.1) is 11.3 Å². The van der Waals surface area contributed by atoms with Crippen LogP contribution in [-0.4, -0.2) is 41.9 Å². The summed E-state index contributed by atoms with van der Waals surface area (Å²) in [7, 11) is 0. The van der Waals surface area contributed by atoms with E-state index in [1.54, 1.807) is 0 Å². The van der Waals surface area contributed by atoms with E-state index in [1.807, 2.05) is 60.7 Å². The maximum Gasteiger partial charge on any atom is 0.194 e. The number of quaternary nitrogens is 1. The number of carbonyl (C=O) groups excluding carboxylic acids is 1. The van der Waals surface area contributed by atoms with Crippen LogP contribution in [0.4, 0.5) is 5.13 Å². The summed E-state index contributed by atoms with van der Waals surface area (Å²) < 4.78 is 1.63. The van der Waals surface area contributed by atoms with Crippen LogP contribution in [-0.2, 0) is 4.79 Å². The van der Waals surface area contributed by atoms with Crippen LogP contribution < -0.4 is 24.5 Å². The number of hydrogen-bond donors (Lipinski definition) is 1. The fourth-order valence-corrected chi connectivity index (χ4v) is 7.79. The van der Waals surface area contributed by atoms with Gasteiger partial charge in [-0.1, -0.05) is 77.8 Å². The molecule has 6 nitrogen and oxygen atoms in total. The van der Waals surface area contributed by atoms with Gasteiger partial charge >= 0.3 is 0 Å². The number of Topliss-reactive ketones (excluding diaryl/α,β-unsaturated/α-hetero) is 1. The fourth-order valence-electron chi connectivity index (χ4n) is 5.40. The van der Waals surface area contributed by atoms with Crippen molar-refractivity contribution < 1.29 is 15.2 Å². The van der Waals surface area contributed by atoms with Gasteiger partial charge in [0.15, 0.2) is 10.9 Å². The lowest BCUT2D eigenvalue weighted by molar-refractivity contribution is -0.630. The predicted molar refractivity (Wildman–Crippen MR) is 151 cm³/mol. The maximum atomic E-state index is 13.8. The first-order chi connectivity index (χ1) is 18.7. The Morgan fingerprint density at radius 1 is 0.842 bits per heavy atom. The summed E-state index contributed by atoms with van der Waals surface area (Å²) in [4.78, 5) is 26.7. The molecule has 0 bridgehead atoms. The SMILES string of the molecule is O=C1C(c2sc(N3CCCC3)nc2-c2ccccc2)=C([O-])/C1=c1/s/c(=C2\CC[NH2+]C2)nc1-c1ccccc1. The molecule has 0 unspecified atom stereocenters. The fraction of sp³-hybridized carbons (Fsp3) is 0.233. The Morgan fingerprint density at radius 3 is 2.16 bits per heavy atom. The van der Waals surface area contributed by atoms with E-state index in [4.69, 9.17) is 9.97 Å². The Kier molecular flexibility index (Phi) is 5.95. The Bertz CT molecular complexity index is 1690. The summed E-state index contributed by atoms with van der Waals surface area (Å²) in [5.74, 6) is -0.390. The zero-order chi connectivity index (χ0) is 25.6. The van der Waals surface area contributed by atoms with E-state index >= 15 is 0 Å². The topological polar surface area (TPSA) is 85.8 Å². The lowest BCUT2D eigenvalue weighted by atomic mass is 9.85. The van der Waals surface area contributed by atoms with E-state index in [0.29, 0.717) is 9.41 Å². The van der Waals surface area contributed by atoms with Crippen LogP contribution in [0.15, 0.2) is 66.4 Å². The maximum absolute atomic E-state index is 13.8. The van der Waals surface area contributed by atoms with Crippen molar-refractivity contribution in [2.45, 2.75) is 19.3 Å². The molecular weight excluding hydrogens is 512 g/mol. The van der Waals surface area contributed by atoms with E-state index in [0.717, 1.165) is 77.8 Å². The second kappa shape index (κ2) is 9.62. The molecule has 0 amide bonds. The first-order valence-electron chi connectivity index (χ1n) is 13.1. The summed E-state index contributed by atoms with van der Waals surface area (Å²) in [6.07, 6.45) is 3.25. The van der Waals surface area contributed by atoms with Gasteiger partial charge in [-0.3, -0.25) is 4.79 Å². The van der Waals surface area contributed by atoms with E-state index in [9.17, 15) is 9.90 Å². The second-order valence-corrected chi connectivity index (χ2v) is 11.8. The van der Waals surface area contributed by atoms with Crippen molar-refractivity contribution in [3.05, 3.63) is 80.5 Å². The molecule has 7 rings (SSSR count). The van der Waals surface area contributed by atoms with Gasteiger partial charge in [0.05, 0.1) is 27.3 Å². The van der Waals surface area contributed by atoms with Crippen molar-refractivity contribution in [1.82, 2.24) is 9.97 Å². The van der Waals surface area contributed by atoms with Gasteiger partial charge in [0.25, 0.3) is 0 Å². The highest BCUT2D eigenvalue weighted by Gasteiger charge is 2.35. The van der Waals surface area contributed by atoms with Crippen LogP contribution in [0.2, 0.25) is 0 Å². The first-order valence-corrected chi connectivity index (χ1v) is 14.7. The number of thiazole rings is 2. The van der Waals surface area contributed by atoms with Crippen LogP contribution in [0.3, 0.4) is 0 Å². The van der Waals surface area contributed by atoms with Gasteiger partial charge in [0, 0.05) is 47.4 Å². The minimum Gasteiger partial charge on any atom is -0.871 e. The molecule has 4 heterocycles. The minimum absolute atomic E-state index is 0.195. The number of allylic oxidation sites excluding steroid dienone is 2. The normalized spacial score (nSPS) is 20.4. The Hall–Kier alpha value is -3.59. The lowest BCUT2D eigenvalue weighted by Crippen LogP contribution is -2.80. The number of ketones is 1. The number of rotatable bonds is 4. The molecule has 2 saturated heterocycles. The molecule has 2 N–H and O–H groups in total. The van der Waals surface area contributed by atoms with Gasteiger partial charge in [-0.2, -0.15) is 0 Å². The molecule has 2 aliphatic heterocycles. The summed E-state index contributed by atoms with van der Waals surface area (Å²) in [6, 6.07) is 19.7. The molecule has 2 aromatic carbocycles. The largest absolute Gasteiger partial charge is 0.871 e. The quantitative estimate of drug-likeness (QED) is 0.431. The molecule has 2 aromatic heterocycles. The van der Waals surface area contributed by atoms with E-state index in [1.165, 1.54) is 28.2 Å². The zero-order valence-electron chi connectivity index (χ0n) is 20.8. The number of nitrogens with two attached hydrogens (primary N) is 1. The van der Waals surface area contributed by atoms with Crippen LogP contribution >= 0.6 is 22.7 Å². The Labute approximate surface area is 228 Å². The van der Waals surface area contributed by atoms with Crippen LogP contribution in [0.25, 0.3) is 39.2 Å². The molecule has 0 radical (unpaired) electrons. The van der Waals surface area contributed by atoms with Crippen molar-refractivity contribution >= 4 is 50.3 Å². The summed E-state index contributed by atoms with van der Waals surface area (Å²) >= 11 is 2.95. The van der Waals surface area contributed by atoms with Gasteiger partial charge in [0.2, 0.25) is 0 Å². The van der Waals surface area contributed by atoms with Crippen LogP contribution in [0, 0.1) is 0 Å². The summed E-state index contributed by atoms with van der Waals surface area (Å²) in [5, 5.41) is 17.0. The average molecular weight is 539 g/mol. The molecule has 0 atom stereocenters. The average Bonchev–Trinajstić information content (AvgIpc) is 3.77. The van der Waals surface area contributed by atoms with Gasteiger partial charge in [-0.25, -0.2) is 9.97 Å². The monoisotopic (exact) mass is 538 g/mol. The molecule has 4 aromatic rings. The Morgan fingerprint density at radius 2 is 1.53 bits per heavy atom. The number of nitrogens with zero attached hydrogens (tertiary/aromatic N) is 3. The van der Waals surface area contributed by atoms with Crippen molar-refractivity contribution in [2.75, 3.05) is 31.1 Å².